The number of amides is 1. The molecule has 122 valence electrons. The third-order valence-corrected chi connectivity index (χ3v) is 4.21. The van der Waals surface area contributed by atoms with Crippen molar-refractivity contribution in [1.82, 2.24) is 15.1 Å². The lowest BCUT2D eigenvalue weighted by molar-refractivity contribution is -0.216. The summed E-state index contributed by atoms with van der Waals surface area (Å²) in [6.07, 6.45) is 3.85. The fourth-order valence-corrected chi connectivity index (χ4v) is 2.52. The number of halogens is 2. The normalized spacial score (nSPS) is 16.7. The van der Waals surface area contributed by atoms with Crippen molar-refractivity contribution in [2.24, 2.45) is 0 Å². The Morgan fingerprint density at radius 1 is 1.35 bits per heavy atom. The number of alkyl halides is 2. The summed E-state index contributed by atoms with van der Waals surface area (Å²) < 4.78 is 29.5. The number of hydrogen-bond acceptors (Lipinski definition) is 3. The van der Waals surface area contributed by atoms with E-state index < -0.39 is 17.4 Å². The Balaban J connectivity index is 1.61. The summed E-state index contributed by atoms with van der Waals surface area (Å²) in [7, 11) is 0. The molecule has 0 aliphatic heterocycles. The van der Waals surface area contributed by atoms with Crippen molar-refractivity contribution >= 4 is 5.91 Å². The van der Waals surface area contributed by atoms with Gasteiger partial charge in [-0.1, -0.05) is 12.1 Å². The summed E-state index contributed by atoms with van der Waals surface area (Å²) in [6, 6.07) is 8.82. The molecule has 0 atom stereocenters. The van der Waals surface area contributed by atoms with Crippen LogP contribution in [0.2, 0.25) is 0 Å². The number of aliphatic hydroxyl groups is 1. The molecule has 0 spiro atoms. The van der Waals surface area contributed by atoms with Gasteiger partial charge in [0.05, 0.1) is 5.69 Å². The molecule has 1 aromatic carbocycles. The Kier molecular flexibility index (Phi) is 3.89. The number of carbonyl (C=O) groups is 1. The van der Waals surface area contributed by atoms with Gasteiger partial charge >= 0.3 is 5.92 Å². The van der Waals surface area contributed by atoms with Gasteiger partial charge in [-0.25, -0.2) is 4.68 Å². The molecule has 0 saturated heterocycles. The van der Waals surface area contributed by atoms with E-state index in [2.05, 4.69) is 10.4 Å². The Bertz CT molecular complexity index is 680. The molecule has 2 aromatic rings. The summed E-state index contributed by atoms with van der Waals surface area (Å²) in [4.78, 5) is 11.7. The summed E-state index contributed by atoms with van der Waals surface area (Å²) in [5.41, 5.74) is -0.675. The van der Waals surface area contributed by atoms with Gasteiger partial charge in [-0.15, -0.1) is 0 Å². The number of rotatable bonds is 5. The van der Waals surface area contributed by atoms with Crippen LogP contribution in [0.1, 0.15) is 24.8 Å². The summed E-state index contributed by atoms with van der Waals surface area (Å²) in [5.74, 6) is -5.20. The van der Waals surface area contributed by atoms with Gasteiger partial charge in [0.15, 0.2) is 0 Å². The molecule has 23 heavy (non-hydrogen) atoms. The van der Waals surface area contributed by atoms with E-state index >= 15 is 0 Å². The molecule has 1 aliphatic rings. The second-order valence-corrected chi connectivity index (χ2v) is 5.76. The molecule has 1 aromatic heterocycles. The van der Waals surface area contributed by atoms with E-state index in [4.69, 9.17) is 0 Å². The van der Waals surface area contributed by atoms with Crippen molar-refractivity contribution in [3.05, 3.63) is 48.3 Å². The Hall–Kier alpha value is -2.28. The van der Waals surface area contributed by atoms with Crippen LogP contribution in [0.25, 0.3) is 5.69 Å². The zero-order chi connectivity index (χ0) is 16.5. The van der Waals surface area contributed by atoms with Gasteiger partial charge in [-0.3, -0.25) is 4.79 Å². The first-order chi connectivity index (χ1) is 10.9. The lowest BCUT2D eigenvalue weighted by Gasteiger charge is -2.41. The molecular weight excluding hydrogens is 304 g/mol. The van der Waals surface area contributed by atoms with Crippen molar-refractivity contribution in [2.75, 3.05) is 0 Å². The topological polar surface area (TPSA) is 67.2 Å². The minimum absolute atomic E-state index is 0.0239. The average Bonchev–Trinajstić information content (AvgIpc) is 3.05. The minimum atomic E-state index is -3.76. The average molecular weight is 321 g/mol. The fourth-order valence-electron chi connectivity index (χ4n) is 2.52. The molecule has 0 unspecified atom stereocenters. The maximum atomic E-state index is 13.9. The van der Waals surface area contributed by atoms with E-state index in [0.29, 0.717) is 12.0 Å². The Morgan fingerprint density at radius 3 is 2.57 bits per heavy atom. The van der Waals surface area contributed by atoms with Crippen LogP contribution in [0.4, 0.5) is 8.78 Å². The van der Waals surface area contributed by atoms with Crippen molar-refractivity contribution in [3.8, 4) is 5.69 Å². The molecule has 3 rings (SSSR count). The molecule has 2 N–H and O–H groups in total. The molecule has 1 fully saturated rings. The van der Waals surface area contributed by atoms with Crippen molar-refractivity contribution in [2.45, 2.75) is 37.3 Å². The van der Waals surface area contributed by atoms with Crippen LogP contribution < -0.4 is 5.32 Å². The highest BCUT2D eigenvalue weighted by Gasteiger charge is 2.61. The van der Waals surface area contributed by atoms with Gasteiger partial charge in [-0.2, -0.15) is 13.9 Å². The minimum Gasteiger partial charge on any atom is -0.383 e. The number of carbonyl (C=O) groups excluding carboxylic acids is 1. The maximum absolute atomic E-state index is 13.9. The van der Waals surface area contributed by atoms with Gasteiger partial charge in [0.2, 0.25) is 0 Å². The van der Waals surface area contributed by atoms with Crippen molar-refractivity contribution in [3.63, 3.8) is 0 Å². The quantitative estimate of drug-likeness (QED) is 0.885. The monoisotopic (exact) mass is 321 g/mol. The van der Waals surface area contributed by atoms with Crippen LogP contribution in [0.3, 0.4) is 0 Å². The van der Waals surface area contributed by atoms with Gasteiger partial charge in [0.1, 0.15) is 5.60 Å². The Morgan fingerprint density at radius 2 is 2.04 bits per heavy atom. The smallest absolute Gasteiger partial charge is 0.352 e. The zero-order valence-corrected chi connectivity index (χ0v) is 12.4. The van der Waals surface area contributed by atoms with E-state index in [9.17, 15) is 18.7 Å². The molecule has 0 bridgehead atoms. The predicted octanol–water partition coefficient (Wildman–Crippen LogP) is 2.04. The summed E-state index contributed by atoms with van der Waals surface area (Å²) in [6.45, 7) is -0.0239. The standard InChI is InChI=1S/C16H17F2N3O2/c17-16(18,15(23)7-1-8-15)14(22)19-11-12-3-5-13(6-4-12)21-10-2-9-20-21/h2-6,9-10,23H,1,7-8,11H2,(H,19,22). The van der Waals surface area contributed by atoms with E-state index in [0.717, 1.165) is 5.69 Å². The van der Waals surface area contributed by atoms with Gasteiger partial charge < -0.3 is 10.4 Å². The number of benzene rings is 1. The maximum Gasteiger partial charge on any atom is 0.352 e. The largest absolute Gasteiger partial charge is 0.383 e. The van der Waals surface area contributed by atoms with Crippen LogP contribution in [0.5, 0.6) is 0 Å². The van der Waals surface area contributed by atoms with Crippen LogP contribution in [-0.4, -0.2) is 32.3 Å². The van der Waals surface area contributed by atoms with Gasteiger partial charge in [0.25, 0.3) is 5.91 Å². The van der Waals surface area contributed by atoms with Gasteiger partial charge in [-0.05, 0) is 43.0 Å². The van der Waals surface area contributed by atoms with Gasteiger partial charge in [0, 0.05) is 18.9 Å². The van der Waals surface area contributed by atoms with Crippen molar-refractivity contribution in [1.29, 1.82) is 0 Å². The van der Waals surface area contributed by atoms with E-state index in [1.54, 1.807) is 47.4 Å². The fraction of sp³-hybridized carbons (Fsp3) is 0.375. The van der Waals surface area contributed by atoms with Crippen molar-refractivity contribution < 1.29 is 18.7 Å². The molecule has 1 aliphatic carbocycles. The SMILES string of the molecule is O=C(NCc1ccc(-n2cccn2)cc1)C(F)(F)C1(O)CCC1. The molecule has 5 nitrogen and oxygen atoms in total. The molecule has 1 saturated carbocycles. The van der Waals surface area contributed by atoms with Crippen LogP contribution in [0.15, 0.2) is 42.7 Å². The first kappa shape index (κ1) is 15.6. The lowest BCUT2D eigenvalue weighted by atomic mass is 9.75. The van der Waals surface area contributed by atoms with E-state index in [1.165, 1.54) is 0 Å². The van der Waals surface area contributed by atoms with E-state index in [1.807, 2.05) is 0 Å². The number of hydrogen-bond donors (Lipinski definition) is 2. The second kappa shape index (κ2) is 5.73. The van der Waals surface area contributed by atoms with Crippen LogP contribution in [-0.2, 0) is 11.3 Å². The third kappa shape index (κ3) is 2.84. The lowest BCUT2D eigenvalue weighted by Crippen LogP contribution is -2.60. The molecule has 0 radical (unpaired) electrons. The molecule has 1 amide bonds. The summed E-state index contributed by atoms with van der Waals surface area (Å²) >= 11 is 0. The third-order valence-electron chi connectivity index (χ3n) is 4.21. The Labute approximate surface area is 131 Å². The highest BCUT2D eigenvalue weighted by molar-refractivity contribution is 5.85. The number of nitrogens with one attached hydrogen (secondary N) is 1. The molecule has 7 heteroatoms. The predicted molar refractivity (Wildman–Crippen MR) is 79.2 cm³/mol. The first-order valence-electron chi connectivity index (χ1n) is 7.40. The molecule has 1 heterocycles. The second-order valence-electron chi connectivity index (χ2n) is 5.76. The number of aromatic nitrogens is 2. The number of nitrogens with zero attached hydrogens (tertiary/aromatic N) is 2. The first-order valence-corrected chi connectivity index (χ1v) is 7.40. The zero-order valence-electron chi connectivity index (χ0n) is 12.4. The molecular formula is C16H17F2N3O2. The highest BCUT2D eigenvalue weighted by atomic mass is 19.3. The van der Waals surface area contributed by atoms with E-state index in [-0.39, 0.29) is 19.4 Å². The highest BCUT2D eigenvalue weighted by Crippen LogP contribution is 2.44. The van der Waals surface area contributed by atoms with Crippen LogP contribution >= 0.6 is 0 Å². The summed E-state index contributed by atoms with van der Waals surface area (Å²) in [5, 5.41) is 16.0. The van der Waals surface area contributed by atoms with Crippen LogP contribution in [0, 0.1) is 0 Å².